The normalized spacial score (nSPS) is 51.5. The summed E-state index contributed by atoms with van der Waals surface area (Å²) in [7, 11) is 2.03. The molecule has 5 rings (SSSR count). The fraction of sp³-hybridized carbons (Fsp3) is 0.714. The molecule has 130 valence electrons. The number of nitrogens with one attached hydrogen (secondary N) is 1. The second-order valence-electron chi connectivity index (χ2n) is 8.98. The van der Waals surface area contributed by atoms with Crippen molar-refractivity contribution in [3.63, 3.8) is 0 Å². The molecule has 6 atom stereocenters. The van der Waals surface area contributed by atoms with Crippen LogP contribution in [0, 0.1) is 17.3 Å². The van der Waals surface area contributed by atoms with Crippen LogP contribution < -0.4 is 5.32 Å². The van der Waals surface area contributed by atoms with Gasteiger partial charge in [-0.1, -0.05) is 31.2 Å². The molecule has 3 heteroatoms. The molecule has 1 saturated carbocycles. The molecule has 0 amide bonds. The van der Waals surface area contributed by atoms with Gasteiger partial charge in [0.2, 0.25) is 0 Å². The molecule has 2 heterocycles. The molecule has 2 fully saturated rings. The van der Waals surface area contributed by atoms with E-state index in [1.165, 1.54) is 11.1 Å². The van der Waals surface area contributed by atoms with Crippen LogP contribution in [0.1, 0.15) is 45.4 Å². The number of hydrogen-bond donors (Lipinski definition) is 2. The Morgan fingerprint density at radius 1 is 1.29 bits per heavy atom. The summed E-state index contributed by atoms with van der Waals surface area (Å²) in [6.45, 7) is 3.31. The quantitative estimate of drug-likeness (QED) is 0.819. The molecular formula is C21H29NO2. The van der Waals surface area contributed by atoms with Crippen molar-refractivity contribution in [2.45, 2.75) is 62.8 Å². The highest BCUT2D eigenvalue weighted by Crippen LogP contribution is 2.66. The molecule has 0 radical (unpaired) electrons. The lowest BCUT2D eigenvalue weighted by Crippen LogP contribution is -2.54. The second-order valence-corrected chi connectivity index (χ2v) is 8.98. The van der Waals surface area contributed by atoms with Crippen LogP contribution in [-0.2, 0) is 4.74 Å². The van der Waals surface area contributed by atoms with Gasteiger partial charge in [0.15, 0.2) is 0 Å². The molecule has 3 nitrogen and oxygen atoms in total. The molecule has 2 spiro atoms. The van der Waals surface area contributed by atoms with Gasteiger partial charge in [0.05, 0.1) is 17.3 Å². The van der Waals surface area contributed by atoms with Crippen molar-refractivity contribution >= 4 is 0 Å². The van der Waals surface area contributed by atoms with Crippen LogP contribution in [0.3, 0.4) is 0 Å². The first kappa shape index (κ1) is 15.4. The number of allylic oxidation sites excluding steroid dienone is 1. The predicted molar refractivity (Wildman–Crippen MR) is 94.6 cm³/mol. The summed E-state index contributed by atoms with van der Waals surface area (Å²) in [5.74, 6) is 1.02. The molecule has 2 bridgehead atoms. The Morgan fingerprint density at radius 2 is 2.17 bits per heavy atom. The highest BCUT2D eigenvalue weighted by atomic mass is 16.5. The van der Waals surface area contributed by atoms with Crippen molar-refractivity contribution in [1.82, 2.24) is 5.32 Å². The average Bonchev–Trinajstić information content (AvgIpc) is 3.03. The van der Waals surface area contributed by atoms with Crippen molar-refractivity contribution in [2.24, 2.45) is 17.3 Å². The summed E-state index contributed by atoms with van der Waals surface area (Å²) in [4.78, 5) is 0. The molecule has 0 unspecified atom stereocenters. The van der Waals surface area contributed by atoms with Crippen molar-refractivity contribution in [1.29, 1.82) is 0 Å². The van der Waals surface area contributed by atoms with Gasteiger partial charge in [0, 0.05) is 17.9 Å². The van der Waals surface area contributed by atoms with Crippen LogP contribution >= 0.6 is 0 Å². The SMILES string of the molecule is CNC[C@@H]1C=CC2=CC3=CC[C@@]4(C)[C@@H](CC[C@@H]4O)[C@@]34CC[C@]2(C1)O4. The average molecular weight is 327 g/mol. The topological polar surface area (TPSA) is 41.5 Å². The monoisotopic (exact) mass is 327 g/mol. The lowest BCUT2D eigenvalue weighted by atomic mass is 9.60. The van der Waals surface area contributed by atoms with Gasteiger partial charge in [-0.3, -0.25) is 0 Å². The molecule has 0 aromatic rings. The van der Waals surface area contributed by atoms with Gasteiger partial charge in [-0.2, -0.15) is 0 Å². The van der Waals surface area contributed by atoms with Crippen LogP contribution in [0.4, 0.5) is 0 Å². The van der Waals surface area contributed by atoms with E-state index in [0.29, 0.717) is 11.8 Å². The van der Waals surface area contributed by atoms with E-state index in [9.17, 15) is 5.11 Å². The van der Waals surface area contributed by atoms with Gasteiger partial charge < -0.3 is 15.2 Å². The zero-order valence-electron chi connectivity index (χ0n) is 14.8. The highest BCUT2D eigenvalue weighted by molar-refractivity contribution is 5.51. The van der Waals surface area contributed by atoms with Crippen LogP contribution in [0.15, 0.2) is 35.5 Å². The first-order valence-corrected chi connectivity index (χ1v) is 9.66. The van der Waals surface area contributed by atoms with E-state index in [-0.39, 0.29) is 22.7 Å². The first-order chi connectivity index (χ1) is 11.5. The number of hydrogen-bond acceptors (Lipinski definition) is 3. The predicted octanol–water partition coefficient (Wildman–Crippen LogP) is 3.12. The number of fused-ring (bicyclic) bond motifs is 1. The van der Waals surface area contributed by atoms with E-state index in [0.717, 1.165) is 45.1 Å². The number of rotatable bonds is 2. The van der Waals surface area contributed by atoms with Crippen molar-refractivity contribution in [2.75, 3.05) is 13.6 Å². The van der Waals surface area contributed by atoms with Crippen molar-refractivity contribution in [3.8, 4) is 0 Å². The summed E-state index contributed by atoms with van der Waals surface area (Å²) in [5, 5.41) is 13.9. The Labute approximate surface area is 144 Å². The third-order valence-corrected chi connectivity index (χ3v) is 7.82. The van der Waals surface area contributed by atoms with E-state index >= 15 is 0 Å². The molecule has 0 aromatic carbocycles. The van der Waals surface area contributed by atoms with Crippen LogP contribution in [0.25, 0.3) is 0 Å². The Kier molecular flexibility index (Phi) is 3.10. The van der Waals surface area contributed by atoms with Crippen molar-refractivity contribution < 1.29 is 9.84 Å². The molecular weight excluding hydrogens is 298 g/mol. The summed E-state index contributed by atoms with van der Waals surface area (Å²) in [6.07, 6.45) is 15.7. The Balaban J connectivity index is 1.59. The van der Waals surface area contributed by atoms with Crippen LogP contribution in [0.2, 0.25) is 0 Å². The van der Waals surface area contributed by atoms with Crippen molar-refractivity contribution in [3.05, 3.63) is 35.5 Å². The van der Waals surface area contributed by atoms with Crippen LogP contribution in [0.5, 0.6) is 0 Å². The third kappa shape index (κ3) is 1.73. The minimum Gasteiger partial charge on any atom is -0.393 e. The van der Waals surface area contributed by atoms with E-state index < -0.39 is 0 Å². The van der Waals surface area contributed by atoms with E-state index in [1.54, 1.807) is 0 Å². The third-order valence-electron chi connectivity index (χ3n) is 7.82. The molecule has 24 heavy (non-hydrogen) atoms. The van der Waals surface area contributed by atoms with Crippen LogP contribution in [-0.4, -0.2) is 36.0 Å². The Hall–Kier alpha value is -0.900. The number of ether oxygens (including phenoxy) is 1. The lowest BCUT2D eigenvalue weighted by Gasteiger charge is -2.53. The molecule has 5 aliphatic rings. The van der Waals surface area contributed by atoms with Gasteiger partial charge in [0.25, 0.3) is 0 Å². The highest BCUT2D eigenvalue weighted by Gasteiger charge is 2.66. The van der Waals surface area contributed by atoms with E-state index in [2.05, 4.69) is 36.5 Å². The van der Waals surface area contributed by atoms with Gasteiger partial charge >= 0.3 is 0 Å². The maximum absolute atomic E-state index is 10.6. The smallest absolute Gasteiger partial charge is 0.0976 e. The molecule has 0 aromatic heterocycles. The Morgan fingerprint density at radius 3 is 3.00 bits per heavy atom. The summed E-state index contributed by atoms with van der Waals surface area (Å²) in [5.41, 5.74) is 2.56. The van der Waals surface area contributed by atoms with E-state index in [4.69, 9.17) is 4.74 Å². The largest absolute Gasteiger partial charge is 0.393 e. The zero-order chi connectivity index (χ0) is 16.6. The lowest BCUT2D eigenvalue weighted by molar-refractivity contribution is -0.139. The Bertz CT molecular complexity index is 665. The number of aliphatic hydroxyl groups excluding tert-OH is 1. The van der Waals surface area contributed by atoms with Gasteiger partial charge in [0.1, 0.15) is 0 Å². The molecule has 2 aliphatic heterocycles. The molecule has 2 N–H and O–H groups in total. The number of aliphatic hydroxyl groups is 1. The summed E-state index contributed by atoms with van der Waals surface area (Å²) in [6, 6.07) is 0. The minimum absolute atomic E-state index is 0.00471. The first-order valence-electron chi connectivity index (χ1n) is 9.66. The molecule has 3 aliphatic carbocycles. The summed E-state index contributed by atoms with van der Waals surface area (Å²) >= 11 is 0. The maximum Gasteiger partial charge on any atom is 0.0976 e. The van der Waals surface area contributed by atoms with Gasteiger partial charge in [-0.05, 0) is 62.6 Å². The summed E-state index contributed by atoms with van der Waals surface area (Å²) < 4.78 is 7.06. The fourth-order valence-electron chi connectivity index (χ4n) is 6.53. The van der Waals surface area contributed by atoms with Gasteiger partial charge in [-0.25, -0.2) is 0 Å². The fourth-order valence-corrected chi connectivity index (χ4v) is 6.53. The second kappa shape index (κ2) is 4.84. The minimum atomic E-state index is -0.177. The standard InChI is InChI=1S/C21H29NO2/c1-19-8-7-16-11-15-4-3-14(13-22-2)12-20(15)9-10-21(16,24-20)17(19)5-6-18(19)23/h3-4,7,11,14,17-18,22-23H,5-6,8-10,12-13H2,1-2H3/t14-,17-,18+,19+,20-,21-/m1/s1. The van der Waals surface area contributed by atoms with E-state index in [1.807, 2.05) is 7.05 Å². The molecule has 1 saturated heterocycles. The zero-order valence-corrected chi connectivity index (χ0v) is 14.8. The maximum atomic E-state index is 10.6. The van der Waals surface area contributed by atoms with Gasteiger partial charge in [-0.15, -0.1) is 0 Å².